The van der Waals surface area contributed by atoms with Crippen molar-refractivity contribution in [2.75, 3.05) is 31.3 Å². The first kappa shape index (κ1) is 33.5. The fraction of sp³-hybridized carbons (Fsp3) is 0.467. The number of carbonyl (C=O) groups is 1. The Bertz CT molecular complexity index is 1770. The fourth-order valence-corrected chi connectivity index (χ4v) is 6.52. The van der Waals surface area contributed by atoms with Crippen LogP contribution < -0.4 is 20.7 Å². The van der Waals surface area contributed by atoms with Crippen LogP contribution in [0.4, 0.5) is 16.2 Å². The average Bonchev–Trinajstić information content (AvgIpc) is 3.51. The predicted molar refractivity (Wildman–Crippen MR) is 170 cm³/mol. The first-order chi connectivity index (χ1) is 21.6. The maximum absolute atomic E-state index is 16.2. The maximum atomic E-state index is 16.2. The summed E-state index contributed by atoms with van der Waals surface area (Å²) >= 11 is 0. The number of nitrogens with two attached hydrogens (primary N) is 1. The second-order valence-corrected chi connectivity index (χ2v) is 14.2. The van der Waals surface area contributed by atoms with Crippen LogP contribution in [0.25, 0.3) is 21.9 Å². The van der Waals surface area contributed by atoms with E-state index in [9.17, 15) is 14.5 Å². The van der Waals surface area contributed by atoms with Gasteiger partial charge >= 0.3 is 13.7 Å². The zero-order valence-electron chi connectivity index (χ0n) is 26.4. The van der Waals surface area contributed by atoms with Crippen molar-refractivity contribution in [1.29, 1.82) is 0 Å². The lowest BCUT2D eigenvalue weighted by molar-refractivity contribution is -0.148. The van der Waals surface area contributed by atoms with E-state index in [1.807, 2.05) is 39.0 Å². The van der Waals surface area contributed by atoms with E-state index < -0.39 is 50.5 Å². The summed E-state index contributed by atoms with van der Waals surface area (Å²) in [5.41, 5.74) is 3.67. The monoisotopic (exact) mass is 659 g/mol. The molecule has 14 nitrogen and oxygen atoms in total. The van der Waals surface area contributed by atoms with Gasteiger partial charge in [0.05, 0.1) is 19.5 Å². The van der Waals surface area contributed by atoms with Crippen LogP contribution in [0, 0.1) is 5.41 Å². The van der Waals surface area contributed by atoms with E-state index in [1.54, 1.807) is 31.3 Å². The van der Waals surface area contributed by atoms with Gasteiger partial charge in [-0.2, -0.15) is 15.1 Å². The summed E-state index contributed by atoms with van der Waals surface area (Å²) in [5, 5.41) is 18.0. The lowest BCUT2D eigenvalue weighted by atomic mass is 9.98. The number of nitrogens with one attached hydrogen (secondary N) is 2. The summed E-state index contributed by atoms with van der Waals surface area (Å²) in [6.45, 7) is 7.88. The van der Waals surface area contributed by atoms with Gasteiger partial charge in [-0.05, 0) is 30.7 Å². The van der Waals surface area contributed by atoms with Crippen molar-refractivity contribution < 1.29 is 37.4 Å². The number of aliphatic hydroxyl groups excluding tert-OH is 1. The van der Waals surface area contributed by atoms with E-state index in [1.165, 1.54) is 17.8 Å². The summed E-state index contributed by atoms with van der Waals surface area (Å²) in [4.78, 5) is 25.4. The van der Waals surface area contributed by atoms with Gasteiger partial charge in [-0.25, -0.2) is 13.9 Å². The number of benzene rings is 2. The molecule has 248 valence electrons. The Morgan fingerprint density at radius 2 is 1.96 bits per heavy atom. The summed E-state index contributed by atoms with van der Waals surface area (Å²) in [7, 11) is -2.78. The molecule has 1 aliphatic heterocycles. The molecule has 0 amide bonds. The number of nitrogens with zero attached hydrogens (tertiary/aromatic N) is 4. The molecule has 6 atom stereocenters. The normalized spacial score (nSPS) is 23.7. The standard InChI is InChI=1S/C30H39FN7O7P/c1-17(26(40)42-15-29(2,3)4)37-46(41,45-20-13-9-11-18-10-7-8-12-19(18)20)43-14-21-23(39)30(5,31)27(44-21)38-16-34-22-24(33-6)35-28(32)36-25(22)38/h7-13,16-17,21,23,27,39H,14-15H2,1-6H3,(H,37,41)(H3,32,33,35,36)/t17-,21?,23-,27-,30-,46-/m1/s1. The molecule has 0 saturated carbocycles. The van der Waals surface area contributed by atoms with Crippen LogP contribution >= 0.6 is 7.75 Å². The van der Waals surface area contributed by atoms with E-state index >= 15 is 4.39 Å². The minimum atomic E-state index is -4.41. The molecule has 3 heterocycles. The number of hydrogen-bond acceptors (Lipinski definition) is 12. The second kappa shape index (κ2) is 12.7. The number of fused-ring (bicyclic) bond motifs is 2. The minimum Gasteiger partial charge on any atom is -0.464 e. The Labute approximate surface area is 265 Å². The molecule has 0 spiro atoms. The van der Waals surface area contributed by atoms with Crippen molar-refractivity contribution in [3.05, 3.63) is 48.8 Å². The number of alkyl halides is 1. The molecule has 2 aromatic carbocycles. The Morgan fingerprint density at radius 3 is 2.67 bits per heavy atom. The van der Waals surface area contributed by atoms with Gasteiger partial charge in [-0.3, -0.25) is 13.9 Å². The molecule has 16 heteroatoms. The van der Waals surface area contributed by atoms with Crippen LogP contribution in [0.15, 0.2) is 48.8 Å². The van der Waals surface area contributed by atoms with Gasteiger partial charge in [0.2, 0.25) is 5.95 Å². The quantitative estimate of drug-likeness (QED) is 0.132. The molecule has 1 saturated heterocycles. The zero-order chi connectivity index (χ0) is 33.4. The molecule has 5 N–H and O–H groups in total. The van der Waals surface area contributed by atoms with Crippen molar-refractivity contribution >= 4 is 47.4 Å². The Morgan fingerprint density at radius 1 is 1.24 bits per heavy atom. The van der Waals surface area contributed by atoms with Gasteiger partial charge in [0.1, 0.15) is 24.0 Å². The highest BCUT2D eigenvalue weighted by atomic mass is 31.2. The summed E-state index contributed by atoms with van der Waals surface area (Å²) in [5.74, 6) is -0.214. The highest BCUT2D eigenvalue weighted by molar-refractivity contribution is 7.52. The van der Waals surface area contributed by atoms with Gasteiger partial charge in [-0.1, -0.05) is 57.2 Å². The topological polar surface area (TPSA) is 185 Å². The number of rotatable bonds is 11. The third kappa shape index (κ3) is 6.93. The summed E-state index contributed by atoms with van der Waals surface area (Å²) in [6, 6.07) is 11.3. The number of nitrogen functional groups attached to an aromatic ring is 1. The number of aromatic nitrogens is 4. The van der Waals surface area contributed by atoms with E-state index in [4.69, 9.17) is 24.3 Å². The number of aliphatic hydroxyl groups is 1. The molecular formula is C30H39FN7O7P. The van der Waals surface area contributed by atoms with Crippen LogP contribution in [-0.2, 0) is 23.4 Å². The molecular weight excluding hydrogens is 620 g/mol. The Hall–Kier alpha value is -3.88. The van der Waals surface area contributed by atoms with Crippen LogP contribution in [0.3, 0.4) is 0 Å². The summed E-state index contributed by atoms with van der Waals surface area (Å²) < 4.78 is 54.9. The van der Waals surface area contributed by atoms with Crippen molar-refractivity contribution in [1.82, 2.24) is 24.6 Å². The lowest BCUT2D eigenvalue weighted by Crippen LogP contribution is -2.41. The van der Waals surface area contributed by atoms with Gasteiger partial charge in [0.25, 0.3) is 0 Å². The average molecular weight is 660 g/mol. The lowest BCUT2D eigenvalue weighted by Gasteiger charge is -2.26. The third-order valence-electron chi connectivity index (χ3n) is 7.37. The van der Waals surface area contributed by atoms with E-state index in [0.717, 1.165) is 12.3 Å². The predicted octanol–water partition coefficient (Wildman–Crippen LogP) is 4.36. The molecule has 0 radical (unpaired) electrons. The van der Waals surface area contributed by atoms with Crippen LogP contribution in [0.1, 0.15) is 40.8 Å². The van der Waals surface area contributed by atoms with Gasteiger partial charge in [0.15, 0.2) is 28.9 Å². The van der Waals surface area contributed by atoms with Crippen molar-refractivity contribution in [3.8, 4) is 5.75 Å². The zero-order valence-corrected chi connectivity index (χ0v) is 27.3. The molecule has 0 bridgehead atoms. The minimum absolute atomic E-state index is 0.0784. The van der Waals surface area contributed by atoms with E-state index in [0.29, 0.717) is 16.7 Å². The number of halogens is 1. The highest BCUT2D eigenvalue weighted by Crippen LogP contribution is 2.49. The maximum Gasteiger partial charge on any atom is 0.459 e. The van der Waals surface area contributed by atoms with E-state index in [2.05, 4.69) is 25.4 Å². The highest BCUT2D eigenvalue weighted by Gasteiger charge is 2.56. The second-order valence-electron chi connectivity index (χ2n) is 12.5. The fourth-order valence-electron chi connectivity index (χ4n) is 5.00. The number of anilines is 2. The van der Waals surface area contributed by atoms with Crippen LogP contribution in [-0.4, -0.2) is 74.8 Å². The van der Waals surface area contributed by atoms with Crippen LogP contribution in [0.2, 0.25) is 0 Å². The molecule has 5 rings (SSSR count). The number of ether oxygens (including phenoxy) is 2. The molecule has 1 fully saturated rings. The number of carbonyl (C=O) groups excluding carboxylic acids is 1. The third-order valence-corrected chi connectivity index (χ3v) is 9.00. The van der Waals surface area contributed by atoms with Gasteiger partial charge < -0.3 is 30.2 Å². The van der Waals surface area contributed by atoms with Gasteiger partial charge in [0, 0.05) is 12.4 Å². The summed E-state index contributed by atoms with van der Waals surface area (Å²) in [6.07, 6.45) is -3.18. The van der Waals surface area contributed by atoms with Crippen molar-refractivity contribution in [2.24, 2.45) is 5.41 Å². The smallest absolute Gasteiger partial charge is 0.459 e. The molecule has 1 unspecified atom stereocenters. The van der Waals surface area contributed by atoms with Gasteiger partial charge in [-0.15, -0.1) is 0 Å². The molecule has 1 aliphatic rings. The molecule has 46 heavy (non-hydrogen) atoms. The molecule has 4 aromatic rings. The van der Waals surface area contributed by atoms with Crippen LogP contribution in [0.5, 0.6) is 5.75 Å². The molecule has 2 aromatic heterocycles. The van der Waals surface area contributed by atoms with E-state index in [-0.39, 0.29) is 29.4 Å². The van der Waals surface area contributed by atoms with Crippen molar-refractivity contribution in [3.63, 3.8) is 0 Å². The number of hydrogen-bond donors (Lipinski definition) is 4. The SMILES string of the molecule is CNc1nc(N)nc2c1ncn2[C@@H]1OC(CO[P@](=O)(N[C@H](C)C(=O)OCC(C)(C)C)Oc2cccc3ccccc23)[C@@H](O)[C@@]1(C)F. The Balaban J connectivity index is 1.40. The largest absolute Gasteiger partial charge is 0.464 e. The first-order valence-electron chi connectivity index (χ1n) is 14.7. The Kier molecular flexibility index (Phi) is 9.26. The van der Waals surface area contributed by atoms with Crippen molar-refractivity contribution in [2.45, 2.75) is 64.8 Å². The number of esters is 1. The first-order valence-corrected chi connectivity index (χ1v) is 16.2. The molecule has 0 aliphatic carbocycles. The number of imidazole rings is 1.